The van der Waals surface area contributed by atoms with Crippen LogP contribution in [0.4, 0.5) is 18.9 Å². The third kappa shape index (κ3) is 6.33. The molecule has 9 nitrogen and oxygen atoms in total. The summed E-state index contributed by atoms with van der Waals surface area (Å²) in [6, 6.07) is 35.9. The third-order valence-electron chi connectivity index (χ3n) is 11.0. The van der Waals surface area contributed by atoms with Crippen LogP contribution in [-0.4, -0.2) is 39.0 Å². The highest BCUT2D eigenvalue weighted by Gasteiger charge is 2.32. The first-order valence-electron chi connectivity index (χ1n) is 19.6. The van der Waals surface area contributed by atoms with Gasteiger partial charge in [-0.15, -0.1) is 0 Å². The molecule has 0 spiro atoms. The lowest BCUT2D eigenvalue weighted by molar-refractivity contribution is -0.137. The minimum atomic E-state index is -4.59. The highest BCUT2D eigenvalue weighted by molar-refractivity contribution is 6.13. The first-order chi connectivity index (χ1) is 29.3. The molecule has 10 aromatic rings. The topological polar surface area (TPSA) is 91.6 Å². The van der Waals surface area contributed by atoms with Crippen molar-refractivity contribution in [3.8, 4) is 45.3 Å². The van der Waals surface area contributed by atoms with Crippen molar-refractivity contribution < 1.29 is 13.2 Å². The predicted octanol–water partition coefficient (Wildman–Crippen LogP) is 12.4. The number of halogens is 3. The van der Waals surface area contributed by atoms with E-state index >= 15 is 0 Å². The lowest BCUT2D eigenvalue weighted by atomic mass is 9.97. The van der Waals surface area contributed by atoms with Crippen LogP contribution in [-0.2, 0) is 6.18 Å². The van der Waals surface area contributed by atoms with Gasteiger partial charge in [0.15, 0.2) is 17.3 Å². The van der Waals surface area contributed by atoms with Crippen LogP contribution in [0.25, 0.3) is 93.7 Å². The van der Waals surface area contributed by atoms with E-state index in [1.54, 1.807) is 19.1 Å². The molecule has 0 atom stereocenters. The molecular weight excluding hydrogens is 772 g/mol. The summed E-state index contributed by atoms with van der Waals surface area (Å²) in [4.78, 5) is 31.5. The van der Waals surface area contributed by atoms with Gasteiger partial charge < -0.3 is 9.13 Å². The number of alkyl halides is 3. The number of para-hydroxylation sites is 2. The number of hydrogen-bond acceptors (Lipinski definition) is 6. The van der Waals surface area contributed by atoms with Crippen LogP contribution in [0, 0.1) is 41.2 Å². The molecule has 61 heavy (non-hydrogen) atoms. The summed E-state index contributed by atoms with van der Waals surface area (Å²) >= 11 is 0. The zero-order valence-corrected chi connectivity index (χ0v) is 33.6. The van der Waals surface area contributed by atoms with Gasteiger partial charge in [0.1, 0.15) is 23.3 Å². The van der Waals surface area contributed by atoms with Crippen LogP contribution in [0.1, 0.15) is 34.4 Å². The second-order valence-electron chi connectivity index (χ2n) is 15.2. The normalized spacial score (nSPS) is 11.9. The van der Waals surface area contributed by atoms with Gasteiger partial charge in [0, 0.05) is 32.7 Å². The van der Waals surface area contributed by atoms with Gasteiger partial charge in [0.25, 0.3) is 0 Å². The fourth-order valence-electron chi connectivity index (χ4n) is 8.58. The van der Waals surface area contributed by atoms with Gasteiger partial charge in [-0.1, -0.05) is 66.7 Å². The molecule has 0 aliphatic carbocycles. The van der Waals surface area contributed by atoms with Gasteiger partial charge >= 0.3 is 6.18 Å². The highest BCUT2D eigenvalue weighted by atomic mass is 19.4. The third-order valence-corrected chi connectivity index (χ3v) is 11.0. The summed E-state index contributed by atoms with van der Waals surface area (Å²) in [6.45, 7) is 17.5. The standard InChI is InChI=1S/C49H34F3N9/c1-26-19-33(21-34(20-26)49(50,51)52)39-24-45(60-41-13-9-7-11-35(41)37-17-15-31(22-43(37)60)47-56-27(2)54-28(3)57-47)46(25-40(39)53-6)61-42-14-10-8-12-36(42)38-18-16-32(23-44(38)61)48-58-29(4)55-30(5)59-48/h7-25H,1-5H3. The van der Waals surface area contributed by atoms with Crippen LogP contribution in [0.2, 0.25) is 0 Å². The van der Waals surface area contributed by atoms with Gasteiger partial charge in [-0.3, -0.25) is 0 Å². The number of fused-ring (bicyclic) bond motifs is 6. The molecule has 296 valence electrons. The summed E-state index contributed by atoms with van der Waals surface area (Å²) in [5.41, 5.74) is 6.69. The molecule has 0 radical (unpaired) electrons. The van der Waals surface area contributed by atoms with Crippen molar-refractivity contribution in [2.45, 2.75) is 40.8 Å². The molecule has 0 bridgehead atoms. The molecule has 12 heteroatoms. The maximum absolute atomic E-state index is 14.4. The molecule has 4 aromatic heterocycles. The Bertz CT molecular complexity index is 3460. The minimum Gasteiger partial charge on any atom is -0.308 e. The summed E-state index contributed by atoms with van der Waals surface area (Å²) in [5, 5.41) is 3.85. The second-order valence-corrected chi connectivity index (χ2v) is 15.2. The number of aromatic nitrogens is 8. The van der Waals surface area contributed by atoms with Crippen molar-refractivity contribution in [3.63, 3.8) is 0 Å². The molecule has 10 rings (SSSR count). The Morgan fingerprint density at radius 1 is 0.475 bits per heavy atom. The quantitative estimate of drug-likeness (QED) is 0.161. The zero-order valence-electron chi connectivity index (χ0n) is 33.6. The van der Waals surface area contributed by atoms with Gasteiger partial charge in [-0.2, -0.15) is 13.2 Å². The van der Waals surface area contributed by atoms with Gasteiger partial charge in [0.2, 0.25) is 0 Å². The van der Waals surface area contributed by atoms with Crippen molar-refractivity contribution in [2.75, 3.05) is 0 Å². The largest absolute Gasteiger partial charge is 0.416 e. The van der Waals surface area contributed by atoms with Gasteiger partial charge in [-0.25, -0.2) is 34.7 Å². The van der Waals surface area contributed by atoms with Crippen molar-refractivity contribution in [1.82, 2.24) is 39.0 Å². The van der Waals surface area contributed by atoms with Crippen molar-refractivity contribution in [3.05, 3.63) is 161 Å². The predicted molar refractivity (Wildman–Crippen MR) is 233 cm³/mol. The van der Waals surface area contributed by atoms with Crippen LogP contribution in [0.15, 0.2) is 115 Å². The number of rotatable bonds is 5. The first-order valence-corrected chi connectivity index (χ1v) is 19.6. The van der Waals surface area contributed by atoms with E-state index in [1.165, 1.54) is 0 Å². The maximum Gasteiger partial charge on any atom is 0.416 e. The average molecular weight is 806 g/mol. The lowest BCUT2D eigenvalue weighted by Crippen LogP contribution is -2.06. The van der Waals surface area contributed by atoms with E-state index in [1.807, 2.05) is 100 Å². The summed E-state index contributed by atoms with van der Waals surface area (Å²) in [7, 11) is 0. The van der Waals surface area contributed by atoms with E-state index in [9.17, 15) is 13.2 Å². The summed E-state index contributed by atoms with van der Waals surface area (Å²) in [6.07, 6.45) is -4.59. The minimum absolute atomic E-state index is 0.195. The Labute approximate surface area is 347 Å². The number of hydrogen-bond donors (Lipinski definition) is 0. The zero-order chi connectivity index (χ0) is 42.3. The summed E-state index contributed by atoms with van der Waals surface area (Å²) < 4.78 is 47.4. The molecule has 0 aliphatic rings. The van der Waals surface area contributed by atoms with E-state index in [0.717, 1.165) is 66.9 Å². The number of benzene rings is 6. The van der Waals surface area contributed by atoms with Crippen LogP contribution in [0.3, 0.4) is 0 Å². The smallest absolute Gasteiger partial charge is 0.308 e. The van der Waals surface area contributed by atoms with E-state index in [2.05, 4.69) is 62.1 Å². The molecule has 0 unspecified atom stereocenters. The van der Waals surface area contributed by atoms with E-state index in [-0.39, 0.29) is 11.3 Å². The fraction of sp³-hybridized carbons (Fsp3) is 0.122. The Hall–Kier alpha value is -7.78. The van der Waals surface area contributed by atoms with Gasteiger partial charge in [-0.05, 0) is 99.8 Å². The molecule has 0 fully saturated rings. The number of nitrogens with zero attached hydrogens (tertiary/aromatic N) is 9. The maximum atomic E-state index is 14.4. The average Bonchev–Trinajstić information content (AvgIpc) is 3.74. The fourth-order valence-corrected chi connectivity index (χ4v) is 8.58. The van der Waals surface area contributed by atoms with Gasteiger partial charge in [0.05, 0.1) is 45.6 Å². The van der Waals surface area contributed by atoms with Crippen LogP contribution < -0.4 is 0 Å². The molecule has 0 aliphatic heterocycles. The van der Waals surface area contributed by atoms with E-state index in [4.69, 9.17) is 6.57 Å². The Kier molecular flexibility index (Phi) is 8.55. The molecule has 0 saturated heterocycles. The van der Waals surface area contributed by atoms with Crippen molar-refractivity contribution in [2.24, 2.45) is 0 Å². The molecular formula is C49H34F3N9. The SMILES string of the molecule is [C-]#[N+]c1cc(-n2c3ccccc3c3ccc(-c4nc(C)nc(C)n4)cc32)c(-n2c3ccccc3c3ccc(-c4nc(C)nc(C)n4)cc32)cc1-c1cc(C)cc(C(F)(F)F)c1. The monoisotopic (exact) mass is 805 g/mol. The highest BCUT2D eigenvalue weighted by Crippen LogP contribution is 2.45. The molecule has 6 aromatic carbocycles. The molecule has 0 saturated carbocycles. The molecule has 4 heterocycles. The lowest BCUT2D eigenvalue weighted by Gasteiger charge is -2.20. The number of aryl methyl sites for hydroxylation is 5. The Balaban J connectivity index is 1.36. The van der Waals surface area contributed by atoms with Crippen LogP contribution >= 0.6 is 0 Å². The van der Waals surface area contributed by atoms with Crippen molar-refractivity contribution >= 4 is 49.3 Å². The Morgan fingerprint density at radius 3 is 1.41 bits per heavy atom. The molecule has 0 amide bonds. The first kappa shape index (κ1) is 37.5. The second kappa shape index (κ2) is 13.9. The van der Waals surface area contributed by atoms with Crippen LogP contribution in [0.5, 0.6) is 0 Å². The summed E-state index contributed by atoms with van der Waals surface area (Å²) in [5.74, 6) is 3.43. The Morgan fingerprint density at radius 2 is 0.934 bits per heavy atom. The molecule has 0 N–H and O–H groups in total. The van der Waals surface area contributed by atoms with E-state index in [0.29, 0.717) is 57.4 Å². The van der Waals surface area contributed by atoms with Crippen molar-refractivity contribution in [1.29, 1.82) is 0 Å². The van der Waals surface area contributed by atoms with E-state index < -0.39 is 11.7 Å².